The molecule has 1 aromatic rings. The van der Waals surface area contributed by atoms with E-state index in [4.69, 9.17) is 10.8 Å². The summed E-state index contributed by atoms with van der Waals surface area (Å²) in [5.74, 6) is 0.423. The summed E-state index contributed by atoms with van der Waals surface area (Å²) in [4.78, 5) is 3.87. The number of aliphatic hydroxyl groups excluding tert-OH is 1. The summed E-state index contributed by atoms with van der Waals surface area (Å²) in [7, 11) is 0. The van der Waals surface area contributed by atoms with E-state index in [0.717, 1.165) is 4.47 Å². The molecule has 10 heavy (non-hydrogen) atoms. The van der Waals surface area contributed by atoms with Gasteiger partial charge in [0, 0.05) is 4.47 Å². The predicted octanol–water partition coefficient (Wildman–Crippen LogP) is 0.919. The molecular formula is C6H7BrN2O. The minimum absolute atomic E-state index is 0.0916. The summed E-state index contributed by atoms with van der Waals surface area (Å²) < 4.78 is 0.782. The van der Waals surface area contributed by atoms with Crippen molar-refractivity contribution >= 4 is 21.7 Å². The maximum atomic E-state index is 8.69. The molecule has 0 bridgehead atoms. The van der Waals surface area contributed by atoms with Gasteiger partial charge in [-0.2, -0.15) is 0 Å². The van der Waals surface area contributed by atoms with Gasteiger partial charge in [0.25, 0.3) is 0 Å². The number of hydrogen-bond donors (Lipinski definition) is 2. The van der Waals surface area contributed by atoms with Crippen molar-refractivity contribution in [3.63, 3.8) is 0 Å². The van der Waals surface area contributed by atoms with E-state index in [0.29, 0.717) is 11.5 Å². The molecule has 0 atom stereocenters. The van der Waals surface area contributed by atoms with Crippen LogP contribution in [0, 0.1) is 0 Å². The van der Waals surface area contributed by atoms with E-state index in [1.807, 2.05) is 0 Å². The highest BCUT2D eigenvalue weighted by Crippen LogP contribution is 2.15. The van der Waals surface area contributed by atoms with Crippen LogP contribution in [0.2, 0.25) is 0 Å². The first-order valence-electron chi connectivity index (χ1n) is 2.76. The summed E-state index contributed by atoms with van der Waals surface area (Å²) in [6.45, 7) is -0.0916. The second kappa shape index (κ2) is 2.98. The smallest absolute Gasteiger partial charge is 0.123 e. The van der Waals surface area contributed by atoms with Crippen LogP contribution >= 0.6 is 15.9 Å². The average Bonchev–Trinajstić information content (AvgIpc) is 1.94. The minimum Gasteiger partial charge on any atom is -0.390 e. The first-order valence-corrected chi connectivity index (χ1v) is 3.55. The Labute approximate surface area is 67.0 Å². The normalized spacial score (nSPS) is 9.80. The van der Waals surface area contributed by atoms with Crippen LogP contribution in [-0.4, -0.2) is 10.1 Å². The number of nitrogens with two attached hydrogens (primary N) is 1. The van der Waals surface area contributed by atoms with Crippen molar-refractivity contribution in [3.8, 4) is 0 Å². The number of rotatable bonds is 1. The van der Waals surface area contributed by atoms with E-state index in [1.54, 1.807) is 12.1 Å². The molecule has 0 radical (unpaired) electrons. The van der Waals surface area contributed by atoms with E-state index in [2.05, 4.69) is 20.9 Å². The summed E-state index contributed by atoms with van der Waals surface area (Å²) in [5, 5.41) is 8.69. The first kappa shape index (κ1) is 7.50. The molecule has 0 unspecified atom stereocenters. The molecular weight excluding hydrogens is 196 g/mol. The van der Waals surface area contributed by atoms with Gasteiger partial charge in [0.1, 0.15) is 5.82 Å². The number of nitrogens with zero attached hydrogens (tertiary/aromatic N) is 1. The van der Waals surface area contributed by atoms with Crippen LogP contribution in [0.1, 0.15) is 5.69 Å². The van der Waals surface area contributed by atoms with Crippen molar-refractivity contribution in [2.24, 2.45) is 0 Å². The number of anilines is 1. The fourth-order valence-corrected chi connectivity index (χ4v) is 0.958. The minimum atomic E-state index is -0.0916. The summed E-state index contributed by atoms with van der Waals surface area (Å²) >= 11 is 3.21. The van der Waals surface area contributed by atoms with Gasteiger partial charge in [-0.15, -0.1) is 0 Å². The highest BCUT2D eigenvalue weighted by atomic mass is 79.9. The fourth-order valence-electron chi connectivity index (χ4n) is 0.612. The zero-order valence-electron chi connectivity index (χ0n) is 5.21. The molecule has 1 aromatic heterocycles. The lowest BCUT2D eigenvalue weighted by molar-refractivity contribution is 0.276. The molecule has 0 spiro atoms. The van der Waals surface area contributed by atoms with Crippen LogP contribution in [-0.2, 0) is 6.61 Å². The maximum Gasteiger partial charge on any atom is 0.123 e. The predicted molar refractivity (Wildman–Crippen MR) is 42.3 cm³/mol. The van der Waals surface area contributed by atoms with Crippen LogP contribution in [0.25, 0.3) is 0 Å². The molecule has 0 fully saturated rings. The molecule has 0 aliphatic rings. The van der Waals surface area contributed by atoms with E-state index in [9.17, 15) is 0 Å². The van der Waals surface area contributed by atoms with Gasteiger partial charge < -0.3 is 10.8 Å². The van der Waals surface area contributed by atoms with Crippen molar-refractivity contribution in [2.75, 3.05) is 5.73 Å². The van der Waals surface area contributed by atoms with E-state index < -0.39 is 0 Å². The molecule has 4 heteroatoms. The van der Waals surface area contributed by atoms with Crippen molar-refractivity contribution in [1.82, 2.24) is 4.98 Å². The molecule has 0 aliphatic carbocycles. The molecule has 0 aliphatic heterocycles. The lowest BCUT2D eigenvalue weighted by Crippen LogP contribution is -1.95. The largest absolute Gasteiger partial charge is 0.390 e. The third kappa shape index (κ3) is 1.46. The number of pyridine rings is 1. The third-order valence-electron chi connectivity index (χ3n) is 1.09. The molecule has 54 valence electrons. The van der Waals surface area contributed by atoms with E-state index >= 15 is 0 Å². The Kier molecular flexibility index (Phi) is 2.24. The van der Waals surface area contributed by atoms with Crippen LogP contribution in [0.3, 0.4) is 0 Å². The molecule has 1 rings (SSSR count). The van der Waals surface area contributed by atoms with Crippen LogP contribution in [0.5, 0.6) is 0 Å². The fraction of sp³-hybridized carbons (Fsp3) is 0.167. The highest BCUT2D eigenvalue weighted by Gasteiger charge is 1.98. The zero-order valence-corrected chi connectivity index (χ0v) is 6.80. The Hall–Kier alpha value is -0.610. The highest BCUT2D eigenvalue weighted by molar-refractivity contribution is 9.10. The van der Waals surface area contributed by atoms with E-state index in [-0.39, 0.29) is 6.61 Å². The topological polar surface area (TPSA) is 59.1 Å². The van der Waals surface area contributed by atoms with Gasteiger partial charge in [-0.1, -0.05) is 0 Å². The Bertz CT molecular complexity index is 239. The number of nitrogen functional groups attached to an aromatic ring is 1. The van der Waals surface area contributed by atoms with Gasteiger partial charge in [0.05, 0.1) is 12.3 Å². The Morgan fingerprint density at radius 1 is 1.60 bits per heavy atom. The number of hydrogen-bond acceptors (Lipinski definition) is 3. The molecule has 3 N–H and O–H groups in total. The lowest BCUT2D eigenvalue weighted by Gasteiger charge is -1.98. The molecule has 0 amide bonds. The number of aromatic nitrogens is 1. The van der Waals surface area contributed by atoms with Gasteiger partial charge in [-0.05, 0) is 28.1 Å². The van der Waals surface area contributed by atoms with Crippen molar-refractivity contribution in [3.05, 3.63) is 22.3 Å². The standard InChI is InChI=1S/C6H7BrN2O/c7-4-1-2-6(8)9-5(4)3-10/h1-2,10H,3H2,(H2,8,9). The van der Waals surface area contributed by atoms with E-state index in [1.165, 1.54) is 0 Å². The molecule has 3 nitrogen and oxygen atoms in total. The molecule has 0 aromatic carbocycles. The summed E-state index contributed by atoms with van der Waals surface area (Å²) in [5.41, 5.74) is 5.93. The molecule has 1 heterocycles. The van der Waals surface area contributed by atoms with Crippen LogP contribution in [0.15, 0.2) is 16.6 Å². The number of halogens is 1. The van der Waals surface area contributed by atoms with Gasteiger partial charge >= 0.3 is 0 Å². The van der Waals surface area contributed by atoms with Crippen molar-refractivity contribution in [1.29, 1.82) is 0 Å². The third-order valence-corrected chi connectivity index (χ3v) is 1.81. The Balaban J connectivity index is 3.09. The van der Waals surface area contributed by atoms with Crippen LogP contribution < -0.4 is 5.73 Å². The summed E-state index contributed by atoms with van der Waals surface area (Å²) in [6.07, 6.45) is 0. The number of aliphatic hydroxyl groups is 1. The van der Waals surface area contributed by atoms with Crippen molar-refractivity contribution in [2.45, 2.75) is 6.61 Å². The van der Waals surface area contributed by atoms with Crippen molar-refractivity contribution < 1.29 is 5.11 Å². The van der Waals surface area contributed by atoms with Gasteiger partial charge in [0.2, 0.25) is 0 Å². The summed E-state index contributed by atoms with van der Waals surface area (Å²) in [6, 6.07) is 3.43. The molecule has 0 saturated heterocycles. The SMILES string of the molecule is Nc1ccc(Br)c(CO)n1. The maximum absolute atomic E-state index is 8.69. The van der Waals surface area contributed by atoms with Gasteiger partial charge in [0.15, 0.2) is 0 Å². The monoisotopic (exact) mass is 202 g/mol. The quantitative estimate of drug-likeness (QED) is 0.713. The molecule has 0 saturated carbocycles. The second-order valence-electron chi connectivity index (χ2n) is 1.82. The Morgan fingerprint density at radius 3 is 2.80 bits per heavy atom. The zero-order chi connectivity index (χ0) is 7.56. The lowest BCUT2D eigenvalue weighted by atomic mass is 10.3. The Morgan fingerprint density at radius 2 is 2.30 bits per heavy atom. The average molecular weight is 203 g/mol. The van der Waals surface area contributed by atoms with Gasteiger partial charge in [-0.3, -0.25) is 0 Å². The second-order valence-corrected chi connectivity index (χ2v) is 2.68. The van der Waals surface area contributed by atoms with Gasteiger partial charge in [-0.25, -0.2) is 4.98 Å². The first-order chi connectivity index (χ1) is 4.74. The van der Waals surface area contributed by atoms with Crippen LogP contribution in [0.4, 0.5) is 5.82 Å².